The molecule has 0 saturated carbocycles. The lowest BCUT2D eigenvalue weighted by atomic mass is 9.99. The zero-order valence-corrected chi connectivity index (χ0v) is 12.5. The van der Waals surface area contributed by atoms with Crippen LogP contribution in [0.2, 0.25) is 0 Å². The van der Waals surface area contributed by atoms with E-state index < -0.39 is 16.4 Å². The van der Waals surface area contributed by atoms with E-state index in [-0.39, 0.29) is 25.0 Å². The van der Waals surface area contributed by atoms with Gasteiger partial charge < -0.3 is 9.64 Å². The predicted molar refractivity (Wildman–Crippen MR) is 73.5 cm³/mol. The van der Waals surface area contributed by atoms with Gasteiger partial charge in [-0.05, 0) is 18.8 Å². The van der Waals surface area contributed by atoms with Crippen molar-refractivity contribution in [2.24, 2.45) is 10.3 Å². The third-order valence-electron chi connectivity index (χ3n) is 2.92. The van der Waals surface area contributed by atoms with Gasteiger partial charge in [0.25, 0.3) is 0 Å². The van der Waals surface area contributed by atoms with Gasteiger partial charge in [-0.2, -0.15) is 0 Å². The Morgan fingerprint density at radius 2 is 2.26 bits per heavy atom. The van der Waals surface area contributed by atoms with Crippen molar-refractivity contribution >= 4 is 15.8 Å². The van der Waals surface area contributed by atoms with E-state index in [0.29, 0.717) is 19.6 Å². The Morgan fingerprint density at radius 1 is 1.53 bits per heavy atom. The first kappa shape index (κ1) is 16.2. The molecule has 1 heterocycles. The number of nitrogens with zero attached hydrogens (tertiary/aromatic N) is 2. The summed E-state index contributed by atoms with van der Waals surface area (Å²) in [5, 5.41) is 0. The van der Waals surface area contributed by atoms with Crippen LogP contribution in [0.3, 0.4) is 0 Å². The van der Waals surface area contributed by atoms with Crippen molar-refractivity contribution < 1.29 is 18.1 Å². The number of alkyl halides is 1. The van der Waals surface area contributed by atoms with Crippen LogP contribution in [0.25, 0.3) is 0 Å². The minimum Gasteiger partial charge on any atom is -0.449 e. The van der Waals surface area contributed by atoms with Gasteiger partial charge in [-0.1, -0.05) is 0 Å². The highest BCUT2D eigenvalue weighted by Crippen LogP contribution is 2.18. The van der Waals surface area contributed by atoms with Crippen molar-refractivity contribution in [1.82, 2.24) is 4.90 Å². The summed E-state index contributed by atoms with van der Waals surface area (Å²) >= 11 is 0. The average molecular weight is 294 g/mol. The summed E-state index contributed by atoms with van der Waals surface area (Å²) in [5.41, 5.74) is 0. The lowest BCUT2D eigenvalue weighted by Gasteiger charge is -2.31. The number of amides is 1. The Kier molecular flexibility index (Phi) is 6.54. The Morgan fingerprint density at radius 3 is 2.89 bits per heavy atom. The summed E-state index contributed by atoms with van der Waals surface area (Å²) in [7, 11) is -2.08. The summed E-state index contributed by atoms with van der Waals surface area (Å²) in [6.07, 6.45) is 4.95. The van der Waals surface area contributed by atoms with Crippen LogP contribution in [0.5, 0.6) is 0 Å². The molecule has 1 aliphatic rings. The molecule has 112 valence electrons. The van der Waals surface area contributed by atoms with Gasteiger partial charge in [0.1, 0.15) is 0 Å². The first-order valence-electron chi connectivity index (χ1n) is 6.53. The first-order valence-corrected chi connectivity index (χ1v) is 8.86. The molecule has 0 N–H and O–H groups in total. The van der Waals surface area contributed by atoms with E-state index in [2.05, 4.69) is 4.36 Å². The smallest absolute Gasteiger partial charge is 0.409 e. The Balaban J connectivity index is 2.41. The van der Waals surface area contributed by atoms with Crippen LogP contribution in [-0.2, 0) is 14.5 Å². The predicted octanol–water partition coefficient (Wildman–Crippen LogP) is 1.92. The van der Waals surface area contributed by atoms with Crippen LogP contribution in [0, 0.1) is 5.92 Å². The third-order valence-corrected chi connectivity index (χ3v) is 3.70. The number of carbonyl (C=O) groups is 1. The summed E-state index contributed by atoms with van der Waals surface area (Å²) in [4.78, 5) is 13.3. The van der Waals surface area contributed by atoms with Gasteiger partial charge in [-0.3, -0.25) is 8.60 Å². The van der Waals surface area contributed by atoms with Crippen molar-refractivity contribution in [3.63, 3.8) is 0 Å². The number of hydrogen-bond acceptors (Lipinski definition) is 4. The number of piperidine rings is 1. The Bertz CT molecular complexity index is 400. The second-order valence-electron chi connectivity index (χ2n) is 5.10. The van der Waals surface area contributed by atoms with Crippen LogP contribution in [0.1, 0.15) is 19.3 Å². The van der Waals surface area contributed by atoms with Crippen molar-refractivity contribution in [2.75, 3.05) is 45.4 Å². The van der Waals surface area contributed by atoms with Gasteiger partial charge in [-0.15, -0.1) is 0 Å². The number of ether oxygens (including phenoxy) is 1. The molecule has 0 radical (unpaired) electrons. The van der Waals surface area contributed by atoms with Crippen molar-refractivity contribution in [2.45, 2.75) is 19.3 Å². The molecule has 0 spiro atoms. The maximum absolute atomic E-state index is 11.9. The van der Waals surface area contributed by atoms with E-state index in [1.807, 2.05) is 0 Å². The van der Waals surface area contributed by atoms with Crippen molar-refractivity contribution in [3.8, 4) is 0 Å². The largest absolute Gasteiger partial charge is 0.449 e. The second kappa shape index (κ2) is 7.67. The molecule has 0 bridgehead atoms. The Hall–Kier alpha value is -0.850. The molecular weight excluding hydrogens is 271 g/mol. The fourth-order valence-corrected chi connectivity index (χ4v) is 2.54. The molecule has 7 heteroatoms. The molecule has 1 atom stereocenters. The van der Waals surface area contributed by atoms with E-state index >= 15 is 0 Å². The summed E-state index contributed by atoms with van der Waals surface area (Å²) in [6.45, 7) is 1.40. The van der Waals surface area contributed by atoms with Gasteiger partial charge >= 0.3 is 6.09 Å². The normalized spacial score (nSPS) is 20.2. The lowest BCUT2D eigenvalue weighted by Crippen LogP contribution is -2.41. The van der Waals surface area contributed by atoms with Crippen molar-refractivity contribution in [1.29, 1.82) is 0 Å². The maximum atomic E-state index is 11.9. The highest BCUT2D eigenvalue weighted by molar-refractivity contribution is 7.92. The van der Waals surface area contributed by atoms with Gasteiger partial charge in [0.15, 0.2) is 0 Å². The average Bonchev–Trinajstić information content (AvgIpc) is 2.36. The fraction of sp³-hybridized carbons (Fsp3) is 0.917. The molecule has 0 aromatic carbocycles. The Labute approximate surface area is 114 Å². The van der Waals surface area contributed by atoms with Crippen LogP contribution in [0.4, 0.5) is 9.18 Å². The van der Waals surface area contributed by atoms with Gasteiger partial charge in [0.05, 0.1) is 19.8 Å². The number of likely N-dealkylation sites (tertiary alicyclic amines) is 1. The van der Waals surface area contributed by atoms with Crippen molar-refractivity contribution in [3.05, 3.63) is 0 Å². The minimum absolute atomic E-state index is 0.124. The summed E-state index contributed by atoms with van der Waals surface area (Å²) in [6, 6.07) is 0. The van der Waals surface area contributed by atoms with Gasteiger partial charge in [0, 0.05) is 41.8 Å². The van der Waals surface area contributed by atoms with Crippen LogP contribution in [0.15, 0.2) is 4.36 Å². The van der Waals surface area contributed by atoms with E-state index in [4.69, 9.17) is 4.74 Å². The lowest BCUT2D eigenvalue weighted by molar-refractivity contribution is 0.0832. The highest BCUT2D eigenvalue weighted by atomic mass is 32.2. The molecule has 5 nitrogen and oxygen atoms in total. The molecule has 1 unspecified atom stereocenters. The van der Waals surface area contributed by atoms with E-state index in [1.54, 1.807) is 17.4 Å². The molecule has 19 heavy (non-hydrogen) atoms. The van der Waals surface area contributed by atoms with Crippen LogP contribution in [-0.4, -0.2) is 60.6 Å². The molecule has 1 rings (SSSR count). The molecule has 0 aromatic rings. The molecule has 1 fully saturated rings. The van der Waals surface area contributed by atoms with Crippen LogP contribution < -0.4 is 0 Å². The molecule has 1 aliphatic heterocycles. The number of hydrogen-bond donors (Lipinski definition) is 0. The zero-order chi connectivity index (χ0) is 14.3. The molecule has 0 aromatic heterocycles. The summed E-state index contributed by atoms with van der Waals surface area (Å²) < 4.78 is 32.6. The highest BCUT2D eigenvalue weighted by Gasteiger charge is 2.24. The van der Waals surface area contributed by atoms with Gasteiger partial charge in [0.2, 0.25) is 0 Å². The monoisotopic (exact) mass is 294 g/mol. The van der Waals surface area contributed by atoms with E-state index in [0.717, 1.165) is 12.8 Å². The molecular formula is C12H23FN2O3S. The van der Waals surface area contributed by atoms with E-state index in [1.165, 1.54) is 0 Å². The topological polar surface area (TPSA) is 59.0 Å². The SMILES string of the molecule is CS(C)(=O)=NCC1CCCN(C(=O)OCCCF)C1. The fourth-order valence-electron chi connectivity index (χ4n) is 1.97. The standard InChI is InChI=1S/C12H23FN2O3S/c1-19(2,17)14-9-11-5-3-7-15(10-11)12(16)18-8-4-6-13/h11H,3-10H2,1-2H3. The van der Waals surface area contributed by atoms with Crippen LogP contribution >= 0.6 is 0 Å². The van der Waals surface area contributed by atoms with E-state index in [9.17, 15) is 13.4 Å². The quantitative estimate of drug-likeness (QED) is 0.728. The molecule has 1 saturated heterocycles. The minimum atomic E-state index is -2.08. The number of rotatable bonds is 5. The second-order valence-corrected chi connectivity index (χ2v) is 7.72. The zero-order valence-electron chi connectivity index (χ0n) is 11.6. The molecule has 1 amide bonds. The number of halogens is 1. The number of carbonyl (C=O) groups excluding carboxylic acids is 1. The molecule has 0 aliphatic carbocycles. The first-order chi connectivity index (χ1) is 8.92. The maximum Gasteiger partial charge on any atom is 0.409 e. The third kappa shape index (κ3) is 6.75. The summed E-state index contributed by atoms with van der Waals surface area (Å²) in [5.74, 6) is 0.239. The van der Waals surface area contributed by atoms with Gasteiger partial charge in [-0.25, -0.2) is 9.16 Å².